The molecule has 0 bridgehead atoms. The summed E-state index contributed by atoms with van der Waals surface area (Å²) in [6, 6.07) is 2.02. The van der Waals surface area contributed by atoms with E-state index in [1.54, 1.807) is 0 Å². The number of rotatable bonds is 2. The van der Waals surface area contributed by atoms with Crippen LogP contribution in [-0.4, -0.2) is 43.8 Å². The van der Waals surface area contributed by atoms with Crippen LogP contribution in [0, 0.1) is 0 Å². The van der Waals surface area contributed by atoms with Gasteiger partial charge in [0.2, 0.25) is 0 Å². The average Bonchev–Trinajstić information content (AvgIpc) is 2.68. The minimum absolute atomic E-state index is 0.219. The van der Waals surface area contributed by atoms with E-state index < -0.39 is 0 Å². The van der Waals surface area contributed by atoms with Gasteiger partial charge in [-0.2, -0.15) is 5.10 Å². The van der Waals surface area contributed by atoms with Gasteiger partial charge in [0, 0.05) is 17.6 Å². The second-order valence-electron chi connectivity index (χ2n) is 4.92. The van der Waals surface area contributed by atoms with Gasteiger partial charge in [-0.15, -0.1) is 0 Å². The quantitative estimate of drug-likeness (QED) is 0.862. The zero-order valence-electron chi connectivity index (χ0n) is 10.5. The summed E-state index contributed by atoms with van der Waals surface area (Å²) in [5.41, 5.74) is 7.72. The minimum Gasteiger partial charge on any atom is -0.392 e. The fraction of sp³-hybridized carbons (Fsp3) is 0.500. The number of nitrogens with two attached hydrogens (primary N) is 1. The Morgan fingerprint density at radius 2 is 2.37 bits per heavy atom. The highest BCUT2D eigenvalue weighted by Gasteiger charge is 2.20. The molecule has 102 valence electrons. The monoisotopic (exact) mass is 325 g/mol. The Bertz CT molecular complexity index is 599. The Hall–Kier alpha value is -1.18. The molecule has 1 fully saturated rings. The van der Waals surface area contributed by atoms with E-state index in [4.69, 9.17) is 5.73 Å². The number of piperidine rings is 1. The number of aromatic nitrogens is 3. The van der Waals surface area contributed by atoms with Crippen LogP contribution >= 0.6 is 15.9 Å². The molecule has 2 aromatic heterocycles. The van der Waals surface area contributed by atoms with Gasteiger partial charge in [0.15, 0.2) is 5.82 Å². The standard InChI is InChI=1S/C12H16BrN5O/c13-10-4-8(5-17-3-1-2-9(19)6-17)18-11(10)12(14)15-7-16-18/h4,7,9,19H,1-3,5-6H2,(H2,14,15,16). The number of aliphatic hydroxyl groups is 1. The molecule has 1 atom stereocenters. The number of aliphatic hydroxyl groups excluding tert-OH is 1. The number of hydrogen-bond donors (Lipinski definition) is 2. The van der Waals surface area contributed by atoms with Crippen molar-refractivity contribution in [3.63, 3.8) is 0 Å². The first-order valence-corrected chi connectivity index (χ1v) is 7.11. The summed E-state index contributed by atoms with van der Waals surface area (Å²) >= 11 is 3.50. The fourth-order valence-corrected chi connectivity index (χ4v) is 3.24. The van der Waals surface area contributed by atoms with Crippen molar-refractivity contribution in [3.05, 3.63) is 22.6 Å². The lowest BCUT2D eigenvalue weighted by atomic mass is 10.1. The van der Waals surface area contributed by atoms with Crippen LogP contribution in [0.15, 0.2) is 16.9 Å². The first kappa shape index (κ1) is 12.8. The first-order valence-electron chi connectivity index (χ1n) is 6.32. The fourth-order valence-electron chi connectivity index (χ4n) is 2.60. The van der Waals surface area contributed by atoms with E-state index in [9.17, 15) is 5.11 Å². The van der Waals surface area contributed by atoms with Gasteiger partial charge < -0.3 is 10.8 Å². The smallest absolute Gasteiger partial charge is 0.152 e. The van der Waals surface area contributed by atoms with Crippen LogP contribution in [-0.2, 0) is 6.54 Å². The van der Waals surface area contributed by atoms with Gasteiger partial charge in [0.25, 0.3) is 0 Å². The van der Waals surface area contributed by atoms with E-state index in [-0.39, 0.29) is 6.10 Å². The summed E-state index contributed by atoms with van der Waals surface area (Å²) in [4.78, 5) is 6.24. The summed E-state index contributed by atoms with van der Waals surface area (Å²) in [7, 11) is 0. The molecular weight excluding hydrogens is 310 g/mol. The summed E-state index contributed by atoms with van der Waals surface area (Å²) in [6.07, 6.45) is 3.17. The Morgan fingerprint density at radius 1 is 1.53 bits per heavy atom. The van der Waals surface area contributed by atoms with Crippen molar-refractivity contribution in [3.8, 4) is 0 Å². The van der Waals surface area contributed by atoms with Crippen LogP contribution in [0.3, 0.4) is 0 Å². The highest BCUT2D eigenvalue weighted by Crippen LogP contribution is 2.26. The van der Waals surface area contributed by atoms with Crippen LogP contribution in [0.25, 0.3) is 5.52 Å². The molecule has 7 heteroatoms. The van der Waals surface area contributed by atoms with Crippen molar-refractivity contribution >= 4 is 27.3 Å². The maximum atomic E-state index is 9.72. The Labute approximate surface area is 119 Å². The Kier molecular flexibility index (Phi) is 3.42. The molecular formula is C12H16BrN5O. The van der Waals surface area contributed by atoms with Gasteiger partial charge >= 0.3 is 0 Å². The highest BCUT2D eigenvalue weighted by molar-refractivity contribution is 9.10. The van der Waals surface area contributed by atoms with E-state index in [0.717, 1.165) is 41.6 Å². The molecule has 19 heavy (non-hydrogen) atoms. The maximum Gasteiger partial charge on any atom is 0.152 e. The van der Waals surface area contributed by atoms with Gasteiger partial charge in [-0.05, 0) is 41.4 Å². The number of nitrogens with zero attached hydrogens (tertiary/aromatic N) is 4. The molecule has 3 heterocycles. The lowest BCUT2D eigenvalue weighted by Crippen LogP contribution is -2.37. The minimum atomic E-state index is -0.219. The zero-order chi connectivity index (χ0) is 13.4. The van der Waals surface area contributed by atoms with Crippen LogP contribution in [0.2, 0.25) is 0 Å². The summed E-state index contributed by atoms with van der Waals surface area (Å²) in [6.45, 7) is 2.47. The molecule has 0 aromatic carbocycles. The topological polar surface area (TPSA) is 79.7 Å². The predicted octanol–water partition coefficient (Wildman–Crippen LogP) is 1.03. The third-order valence-electron chi connectivity index (χ3n) is 3.48. The summed E-state index contributed by atoms with van der Waals surface area (Å²) in [5, 5.41) is 14.0. The van der Waals surface area contributed by atoms with Crippen LogP contribution in [0.4, 0.5) is 5.82 Å². The molecule has 0 radical (unpaired) electrons. The van der Waals surface area contributed by atoms with Gasteiger partial charge in [-0.25, -0.2) is 9.50 Å². The van der Waals surface area contributed by atoms with E-state index in [0.29, 0.717) is 12.4 Å². The maximum absolute atomic E-state index is 9.72. The second kappa shape index (κ2) is 5.07. The van der Waals surface area contributed by atoms with Crippen LogP contribution < -0.4 is 5.73 Å². The average molecular weight is 326 g/mol. The second-order valence-corrected chi connectivity index (χ2v) is 5.77. The zero-order valence-corrected chi connectivity index (χ0v) is 12.0. The molecule has 3 N–H and O–H groups in total. The molecule has 0 amide bonds. The Morgan fingerprint density at radius 3 is 3.16 bits per heavy atom. The van der Waals surface area contributed by atoms with Crippen molar-refractivity contribution in [1.82, 2.24) is 19.5 Å². The van der Waals surface area contributed by atoms with Gasteiger partial charge in [-0.3, -0.25) is 4.90 Å². The predicted molar refractivity (Wildman–Crippen MR) is 75.6 cm³/mol. The van der Waals surface area contributed by atoms with Crippen molar-refractivity contribution < 1.29 is 5.11 Å². The SMILES string of the molecule is Nc1ncnn2c(CN3CCCC(O)C3)cc(Br)c12. The molecule has 6 nitrogen and oxygen atoms in total. The molecule has 1 aliphatic heterocycles. The lowest BCUT2D eigenvalue weighted by Gasteiger charge is -2.29. The molecule has 0 spiro atoms. The van der Waals surface area contributed by atoms with Crippen molar-refractivity contribution in [2.24, 2.45) is 0 Å². The van der Waals surface area contributed by atoms with Gasteiger partial charge in [0.05, 0.1) is 11.8 Å². The van der Waals surface area contributed by atoms with Crippen molar-refractivity contribution in [1.29, 1.82) is 0 Å². The molecule has 1 saturated heterocycles. The number of likely N-dealkylation sites (tertiary alicyclic amines) is 1. The van der Waals surface area contributed by atoms with Crippen LogP contribution in [0.1, 0.15) is 18.5 Å². The molecule has 1 aliphatic rings. The van der Waals surface area contributed by atoms with Gasteiger partial charge in [0.1, 0.15) is 11.8 Å². The number of β-amino-alcohol motifs (C(OH)–C–C–N with tert-alkyl or cyclic N) is 1. The number of fused-ring (bicyclic) bond motifs is 1. The van der Waals surface area contributed by atoms with Crippen molar-refractivity contribution in [2.45, 2.75) is 25.5 Å². The van der Waals surface area contributed by atoms with E-state index in [1.165, 1.54) is 6.33 Å². The molecule has 3 rings (SSSR count). The highest BCUT2D eigenvalue weighted by atomic mass is 79.9. The van der Waals surface area contributed by atoms with E-state index in [1.807, 2.05) is 10.6 Å². The third kappa shape index (κ3) is 2.45. The van der Waals surface area contributed by atoms with Crippen molar-refractivity contribution in [2.75, 3.05) is 18.8 Å². The third-order valence-corrected chi connectivity index (χ3v) is 4.08. The largest absolute Gasteiger partial charge is 0.392 e. The number of anilines is 1. The summed E-state index contributed by atoms with van der Waals surface area (Å²) < 4.78 is 2.71. The Balaban J connectivity index is 1.91. The normalized spacial score (nSPS) is 21.1. The van der Waals surface area contributed by atoms with Gasteiger partial charge in [-0.1, -0.05) is 0 Å². The molecule has 2 aromatic rings. The van der Waals surface area contributed by atoms with Crippen LogP contribution in [0.5, 0.6) is 0 Å². The number of hydrogen-bond acceptors (Lipinski definition) is 5. The molecule has 0 saturated carbocycles. The summed E-state index contributed by atoms with van der Waals surface area (Å²) in [5.74, 6) is 0.465. The molecule has 1 unspecified atom stereocenters. The van der Waals surface area contributed by atoms with E-state index >= 15 is 0 Å². The molecule has 0 aliphatic carbocycles. The lowest BCUT2D eigenvalue weighted by molar-refractivity contribution is 0.0659. The van der Waals surface area contributed by atoms with E-state index in [2.05, 4.69) is 30.9 Å². The first-order chi connectivity index (χ1) is 9.15. The number of nitrogen functional groups attached to an aromatic ring is 1. The number of halogens is 1.